The quantitative estimate of drug-likeness (QED) is 0.773. The first-order chi connectivity index (χ1) is 11.8. The van der Waals surface area contributed by atoms with Gasteiger partial charge in [0.25, 0.3) is 5.91 Å². The lowest BCUT2D eigenvalue weighted by molar-refractivity contribution is 0.102. The van der Waals surface area contributed by atoms with Gasteiger partial charge in [-0.05, 0) is 30.3 Å². The fourth-order valence-corrected chi connectivity index (χ4v) is 3.31. The number of amides is 1. The number of aryl methyl sites for hydroxylation is 1. The van der Waals surface area contributed by atoms with Gasteiger partial charge >= 0.3 is 0 Å². The van der Waals surface area contributed by atoms with Crippen LogP contribution in [0, 0.1) is 6.92 Å². The van der Waals surface area contributed by atoms with Crippen molar-refractivity contribution in [3.63, 3.8) is 0 Å². The molecule has 3 rings (SSSR count). The molecule has 1 aromatic heterocycles. The largest absolute Gasteiger partial charge is 0.439 e. The highest BCUT2D eigenvalue weighted by molar-refractivity contribution is 7.89. The second-order valence-electron chi connectivity index (χ2n) is 5.66. The molecular formula is C17H17N3O4S. The molecule has 0 atom stereocenters. The van der Waals surface area contributed by atoms with Crippen molar-refractivity contribution in [2.75, 3.05) is 19.4 Å². The summed E-state index contributed by atoms with van der Waals surface area (Å²) in [6, 6.07) is 11.1. The van der Waals surface area contributed by atoms with Crippen LogP contribution < -0.4 is 5.32 Å². The highest BCUT2D eigenvalue weighted by Gasteiger charge is 2.19. The van der Waals surface area contributed by atoms with Crippen LogP contribution in [0.25, 0.3) is 11.1 Å². The van der Waals surface area contributed by atoms with E-state index in [0.717, 1.165) is 4.31 Å². The first-order valence-corrected chi connectivity index (χ1v) is 8.93. The van der Waals surface area contributed by atoms with Crippen LogP contribution in [0.5, 0.6) is 0 Å². The molecule has 1 amide bonds. The number of sulfonamides is 1. The number of benzene rings is 2. The maximum absolute atomic E-state index is 12.5. The van der Waals surface area contributed by atoms with E-state index in [1.54, 1.807) is 31.2 Å². The number of fused-ring (bicyclic) bond motifs is 1. The monoisotopic (exact) mass is 359 g/mol. The van der Waals surface area contributed by atoms with Crippen LogP contribution in [0.1, 0.15) is 16.2 Å². The van der Waals surface area contributed by atoms with E-state index in [2.05, 4.69) is 10.3 Å². The minimum atomic E-state index is -3.61. The summed E-state index contributed by atoms with van der Waals surface area (Å²) in [5, 5.41) is 2.74. The lowest BCUT2D eigenvalue weighted by Gasteiger charge is -2.12. The minimum Gasteiger partial charge on any atom is -0.439 e. The van der Waals surface area contributed by atoms with Crippen LogP contribution in [0.3, 0.4) is 0 Å². The second kappa shape index (κ2) is 6.30. The lowest BCUT2D eigenvalue weighted by Crippen LogP contribution is -2.22. The Morgan fingerprint density at radius 3 is 2.60 bits per heavy atom. The van der Waals surface area contributed by atoms with Crippen LogP contribution in [-0.4, -0.2) is 37.7 Å². The van der Waals surface area contributed by atoms with Gasteiger partial charge in [-0.1, -0.05) is 12.1 Å². The number of hydrogen-bond donors (Lipinski definition) is 1. The molecule has 1 N–H and O–H groups in total. The van der Waals surface area contributed by atoms with Crippen molar-refractivity contribution in [1.82, 2.24) is 9.29 Å². The minimum absolute atomic E-state index is 0.0545. The van der Waals surface area contributed by atoms with Crippen molar-refractivity contribution >= 4 is 32.7 Å². The standard InChI is InChI=1S/C17H17N3O4S/c1-11-18-14-8-5-9-15(16(14)24-11)19-17(21)12-6-4-7-13(10-12)25(22,23)20(2)3/h4-10H,1-3H3,(H,19,21). The maximum atomic E-state index is 12.5. The van der Waals surface area contributed by atoms with E-state index in [1.807, 2.05) is 0 Å². The molecule has 8 heteroatoms. The van der Waals surface area contributed by atoms with Crippen molar-refractivity contribution in [3.05, 3.63) is 53.9 Å². The molecule has 7 nitrogen and oxygen atoms in total. The molecule has 2 aromatic carbocycles. The zero-order valence-electron chi connectivity index (χ0n) is 14.0. The molecular weight excluding hydrogens is 342 g/mol. The van der Waals surface area contributed by atoms with Crippen LogP contribution >= 0.6 is 0 Å². The topological polar surface area (TPSA) is 92.5 Å². The third kappa shape index (κ3) is 3.26. The molecule has 0 unspecified atom stereocenters. The fraction of sp³-hybridized carbons (Fsp3) is 0.176. The summed E-state index contributed by atoms with van der Waals surface area (Å²) in [6.07, 6.45) is 0. The summed E-state index contributed by atoms with van der Waals surface area (Å²) in [4.78, 5) is 16.8. The average Bonchev–Trinajstić information content (AvgIpc) is 2.96. The average molecular weight is 359 g/mol. The first kappa shape index (κ1) is 17.1. The SMILES string of the molecule is Cc1nc2cccc(NC(=O)c3cccc(S(=O)(=O)N(C)C)c3)c2o1. The molecule has 25 heavy (non-hydrogen) atoms. The van der Waals surface area contributed by atoms with Gasteiger partial charge in [0, 0.05) is 26.6 Å². The summed E-state index contributed by atoms with van der Waals surface area (Å²) >= 11 is 0. The van der Waals surface area contributed by atoms with Crippen molar-refractivity contribution in [2.24, 2.45) is 0 Å². The van der Waals surface area contributed by atoms with Gasteiger partial charge in [0.1, 0.15) is 5.52 Å². The van der Waals surface area contributed by atoms with Gasteiger partial charge in [-0.3, -0.25) is 4.79 Å². The zero-order valence-corrected chi connectivity index (χ0v) is 14.8. The third-order valence-electron chi connectivity index (χ3n) is 3.64. The van der Waals surface area contributed by atoms with Crippen molar-refractivity contribution in [2.45, 2.75) is 11.8 Å². The van der Waals surface area contributed by atoms with E-state index in [0.29, 0.717) is 22.7 Å². The number of nitrogens with one attached hydrogen (secondary N) is 1. The van der Waals surface area contributed by atoms with Crippen LogP contribution in [0.2, 0.25) is 0 Å². The van der Waals surface area contributed by atoms with Crippen molar-refractivity contribution in [3.8, 4) is 0 Å². The third-order valence-corrected chi connectivity index (χ3v) is 5.46. The molecule has 1 heterocycles. The van der Waals surface area contributed by atoms with Crippen LogP contribution in [-0.2, 0) is 10.0 Å². The van der Waals surface area contributed by atoms with Gasteiger partial charge in [0.2, 0.25) is 10.0 Å². The second-order valence-corrected chi connectivity index (χ2v) is 7.81. The van der Waals surface area contributed by atoms with Gasteiger partial charge in [0.05, 0.1) is 10.6 Å². The summed E-state index contributed by atoms with van der Waals surface area (Å²) < 4.78 is 31.0. The molecule has 0 bridgehead atoms. The van der Waals surface area contributed by atoms with E-state index in [-0.39, 0.29) is 10.5 Å². The molecule has 0 saturated heterocycles. The Hall–Kier alpha value is -2.71. The fourth-order valence-electron chi connectivity index (χ4n) is 2.36. The van der Waals surface area contributed by atoms with Gasteiger partial charge < -0.3 is 9.73 Å². The maximum Gasteiger partial charge on any atom is 0.255 e. The number of rotatable bonds is 4. The molecule has 0 aliphatic carbocycles. The Bertz CT molecular complexity index is 1050. The van der Waals surface area contributed by atoms with Gasteiger partial charge in [-0.25, -0.2) is 17.7 Å². The number of nitrogens with zero attached hydrogens (tertiary/aromatic N) is 2. The Kier molecular flexibility index (Phi) is 4.32. The Morgan fingerprint density at radius 1 is 1.16 bits per heavy atom. The highest BCUT2D eigenvalue weighted by Crippen LogP contribution is 2.25. The number of anilines is 1. The van der Waals surface area contributed by atoms with Gasteiger partial charge in [-0.2, -0.15) is 0 Å². The number of carbonyl (C=O) groups excluding carboxylic acids is 1. The van der Waals surface area contributed by atoms with E-state index in [9.17, 15) is 13.2 Å². The summed E-state index contributed by atoms with van der Waals surface area (Å²) in [7, 11) is -0.733. The number of para-hydroxylation sites is 1. The Balaban J connectivity index is 1.94. The normalized spacial score (nSPS) is 11.8. The molecule has 0 radical (unpaired) electrons. The zero-order chi connectivity index (χ0) is 18.2. The van der Waals surface area contributed by atoms with Crippen molar-refractivity contribution in [1.29, 1.82) is 0 Å². The van der Waals surface area contributed by atoms with Gasteiger partial charge in [0.15, 0.2) is 11.5 Å². The van der Waals surface area contributed by atoms with Crippen molar-refractivity contribution < 1.29 is 17.6 Å². The molecule has 0 fully saturated rings. The molecule has 0 aliphatic rings. The van der Waals surface area contributed by atoms with E-state index in [4.69, 9.17) is 4.42 Å². The number of hydrogen-bond acceptors (Lipinski definition) is 5. The molecule has 3 aromatic rings. The molecule has 0 spiro atoms. The smallest absolute Gasteiger partial charge is 0.255 e. The van der Waals surface area contributed by atoms with Crippen LogP contribution in [0.4, 0.5) is 5.69 Å². The summed E-state index contributed by atoms with van der Waals surface area (Å²) in [5.74, 6) is 0.0631. The summed E-state index contributed by atoms with van der Waals surface area (Å²) in [6.45, 7) is 1.72. The highest BCUT2D eigenvalue weighted by atomic mass is 32.2. The predicted octanol–water partition coefficient (Wildman–Crippen LogP) is 2.64. The van der Waals surface area contributed by atoms with E-state index >= 15 is 0 Å². The summed E-state index contributed by atoms with van der Waals surface area (Å²) in [5.41, 5.74) is 1.82. The number of carbonyl (C=O) groups is 1. The van der Waals surface area contributed by atoms with Crippen LogP contribution in [0.15, 0.2) is 51.8 Å². The van der Waals surface area contributed by atoms with Gasteiger partial charge in [-0.15, -0.1) is 0 Å². The van der Waals surface area contributed by atoms with E-state index in [1.165, 1.54) is 32.3 Å². The molecule has 0 aliphatic heterocycles. The Labute approximate surface area is 145 Å². The first-order valence-electron chi connectivity index (χ1n) is 7.49. The van der Waals surface area contributed by atoms with E-state index < -0.39 is 15.9 Å². The number of aromatic nitrogens is 1. The molecule has 0 saturated carbocycles. The lowest BCUT2D eigenvalue weighted by atomic mass is 10.2. The Morgan fingerprint density at radius 2 is 1.88 bits per heavy atom. The number of oxazole rings is 1. The predicted molar refractivity (Wildman–Crippen MR) is 94.0 cm³/mol. The molecule has 130 valence electrons.